The first-order chi connectivity index (χ1) is 10.2. The number of amides is 1. The Morgan fingerprint density at radius 3 is 2.86 bits per heavy atom. The SMILES string of the molecule is O=C(NC12CCC(CC1)C2)c1ccnc(-n2ccnc2)c1. The van der Waals surface area contributed by atoms with Crippen molar-refractivity contribution in [1.29, 1.82) is 0 Å². The fraction of sp³-hybridized carbons (Fsp3) is 0.438. The Morgan fingerprint density at radius 1 is 1.33 bits per heavy atom. The highest BCUT2D eigenvalue weighted by Gasteiger charge is 2.45. The fourth-order valence-corrected chi connectivity index (χ4v) is 3.78. The summed E-state index contributed by atoms with van der Waals surface area (Å²) in [5, 5.41) is 3.28. The first-order valence-corrected chi connectivity index (χ1v) is 7.51. The van der Waals surface area contributed by atoms with Gasteiger partial charge in [-0.05, 0) is 50.2 Å². The number of hydrogen-bond acceptors (Lipinski definition) is 3. The molecule has 2 aromatic rings. The van der Waals surface area contributed by atoms with Crippen LogP contribution in [0.15, 0.2) is 37.1 Å². The van der Waals surface area contributed by atoms with E-state index in [4.69, 9.17) is 0 Å². The van der Waals surface area contributed by atoms with E-state index in [1.54, 1.807) is 29.4 Å². The molecule has 5 nitrogen and oxygen atoms in total. The van der Waals surface area contributed by atoms with Crippen molar-refractivity contribution in [1.82, 2.24) is 19.9 Å². The summed E-state index contributed by atoms with van der Waals surface area (Å²) in [4.78, 5) is 20.8. The molecule has 2 saturated carbocycles. The van der Waals surface area contributed by atoms with Gasteiger partial charge < -0.3 is 5.32 Å². The number of rotatable bonds is 3. The van der Waals surface area contributed by atoms with Gasteiger partial charge in [0.05, 0.1) is 0 Å². The monoisotopic (exact) mass is 282 g/mol. The van der Waals surface area contributed by atoms with Crippen LogP contribution in [0, 0.1) is 5.92 Å². The molecule has 0 spiro atoms. The Bertz CT molecular complexity index is 657. The molecule has 21 heavy (non-hydrogen) atoms. The van der Waals surface area contributed by atoms with Gasteiger partial charge in [-0.15, -0.1) is 0 Å². The van der Waals surface area contributed by atoms with Crippen LogP contribution < -0.4 is 5.32 Å². The van der Waals surface area contributed by atoms with E-state index >= 15 is 0 Å². The van der Waals surface area contributed by atoms with Crippen LogP contribution in [0.3, 0.4) is 0 Å². The second-order valence-corrected chi connectivity index (χ2v) is 6.25. The summed E-state index contributed by atoms with van der Waals surface area (Å²) in [5.74, 6) is 1.55. The van der Waals surface area contributed by atoms with Gasteiger partial charge in [0.2, 0.25) is 0 Å². The fourth-order valence-electron chi connectivity index (χ4n) is 3.78. The molecular formula is C16H18N4O. The van der Waals surface area contributed by atoms with E-state index in [9.17, 15) is 4.79 Å². The number of nitrogens with zero attached hydrogens (tertiary/aromatic N) is 3. The molecule has 2 aliphatic carbocycles. The third kappa shape index (κ3) is 2.22. The van der Waals surface area contributed by atoms with E-state index in [0.717, 1.165) is 25.2 Å². The average molecular weight is 282 g/mol. The van der Waals surface area contributed by atoms with Crippen molar-refractivity contribution in [2.75, 3.05) is 0 Å². The van der Waals surface area contributed by atoms with Crippen molar-refractivity contribution in [2.45, 2.75) is 37.6 Å². The number of hydrogen-bond donors (Lipinski definition) is 1. The summed E-state index contributed by atoms with van der Waals surface area (Å²) in [5.41, 5.74) is 0.721. The molecule has 1 N–H and O–H groups in total. The van der Waals surface area contributed by atoms with Crippen LogP contribution in [0.25, 0.3) is 5.82 Å². The number of carbonyl (C=O) groups excluding carboxylic acids is 1. The van der Waals surface area contributed by atoms with Gasteiger partial charge in [0.1, 0.15) is 12.1 Å². The maximum absolute atomic E-state index is 12.5. The highest BCUT2D eigenvalue weighted by Crippen LogP contribution is 2.47. The molecule has 0 aliphatic heterocycles. The van der Waals surface area contributed by atoms with Gasteiger partial charge in [-0.2, -0.15) is 0 Å². The standard InChI is InChI=1S/C16H18N4O/c21-15(19-16-4-1-12(10-16)2-5-16)13-3-6-18-14(9-13)20-8-7-17-11-20/h3,6-9,11-12H,1-2,4-5,10H2,(H,19,21). The van der Waals surface area contributed by atoms with Crippen molar-refractivity contribution in [2.24, 2.45) is 5.92 Å². The Kier molecular flexibility index (Phi) is 2.80. The van der Waals surface area contributed by atoms with Crippen molar-refractivity contribution in [3.63, 3.8) is 0 Å². The second-order valence-electron chi connectivity index (χ2n) is 6.25. The zero-order valence-electron chi connectivity index (χ0n) is 11.8. The summed E-state index contributed by atoms with van der Waals surface area (Å²) in [6.45, 7) is 0. The van der Waals surface area contributed by atoms with Gasteiger partial charge in [-0.1, -0.05) is 0 Å². The quantitative estimate of drug-likeness (QED) is 0.940. The second kappa shape index (κ2) is 4.69. The summed E-state index contributed by atoms with van der Waals surface area (Å²) >= 11 is 0. The molecule has 0 atom stereocenters. The molecule has 0 radical (unpaired) electrons. The number of nitrogens with one attached hydrogen (secondary N) is 1. The number of carbonyl (C=O) groups is 1. The molecule has 2 fully saturated rings. The number of fused-ring (bicyclic) bond motifs is 2. The topological polar surface area (TPSA) is 59.8 Å². The Morgan fingerprint density at radius 2 is 2.19 bits per heavy atom. The lowest BCUT2D eigenvalue weighted by Crippen LogP contribution is -2.45. The van der Waals surface area contributed by atoms with Crippen molar-refractivity contribution in [3.05, 3.63) is 42.6 Å². The average Bonchev–Trinajstić information content (AvgIpc) is 3.24. The maximum Gasteiger partial charge on any atom is 0.251 e. The van der Waals surface area contributed by atoms with Crippen LogP contribution in [-0.2, 0) is 0 Å². The van der Waals surface area contributed by atoms with E-state index in [1.807, 2.05) is 12.3 Å². The third-order valence-electron chi connectivity index (χ3n) is 4.90. The zero-order chi connectivity index (χ0) is 14.3. The third-order valence-corrected chi connectivity index (χ3v) is 4.90. The van der Waals surface area contributed by atoms with Gasteiger partial charge in [0.15, 0.2) is 0 Å². The molecule has 2 heterocycles. The lowest BCUT2D eigenvalue weighted by Gasteiger charge is -2.28. The minimum absolute atomic E-state index is 0.0151. The van der Waals surface area contributed by atoms with Crippen LogP contribution in [0.4, 0.5) is 0 Å². The van der Waals surface area contributed by atoms with Gasteiger partial charge in [-0.3, -0.25) is 9.36 Å². The van der Waals surface area contributed by atoms with Crippen molar-refractivity contribution >= 4 is 5.91 Å². The molecule has 4 rings (SSSR count). The minimum atomic E-state index is 0.0151. The largest absolute Gasteiger partial charge is 0.347 e. The summed E-state index contributed by atoms with van der Waals surface area (Å²) in [7, 11) is 0. The van der Waals surface area contributed by atoms with E-state index in [0.29, 0.717) is 11.4 Å². The molecule has 2 bridgehead atoms. The van der Waals surface area contributed by atoms with Crippen LogP contribution in [-0.4, -0.2) is 26.0 Å². The van der Waals surface area contributed by atoms with Crippen LogP contribution >= 0.6 is 0 Å². The normalized spacial score (nSPS) is 27.0. The van der Waals surface area contributed by atoms with Crippen molar-refractivity contribution in [3.8, 4) is 5.82 Å². The molecule has 0 aromatic carbocycles. The molecule has 108 valence electrons. The predicted molar refractivity (Wildman–Crippen MR) is 78.1 cm³/mol. The molecule has 0 saturated heterocycles. The van der Waals surface area contributed by atoms with E-state index in [1.165, 1.54) is 12.8 Å². The number of aromatic nitrogens is 3. The lowest BCUT2D eigenvalue weighted by atomic mass is 9.93. The number of pyridine rings is 1. The molecule has 1 amide bonds. The van der Waals surface area contributed by atoms with Gasteiger partial charge in [-0.25, -0.2) is 9.97 Å². The molecular weight excluding hydrogens is 264 g/mol. The molecule has 2 aliphatic rings. The van der Waals surface area contributed by atoms with Gasteiger partial charge in [0.25, 0.3) is 5.91 Å². The Hall–Kier alpha value is -2.17. The molecule has 5 heteroatoms. The van der Waals surface area contributed by atoms with Crippen LogP contribution in [0.2, 0.25) is 0 Å². The molecule has 0 unspecified atom stereocenters. The summed E-state index contributed by atoms with van der Waals surface area (Å²) in [6.07, 6.45) is 12.8. The Labute approximate surface area is 123 Å². The van der Waals surface area contributed by atoms with Crippen molar-refractivity contribution < 1.29 is 4.79 Å². The van der Waals surface area contributed by atoms with Crippen LogP contribution in [0.5, 0.6) is 0 Å². The maximum atomic E-state index is 12.5. The highest BCUT2D eigenvalue weighted by atomic mass is 16.1. The Balaban J connectivity index is 1.56. The smallest absolute Gasteiger partial charge is 0.251 e. The van der Waals surface area contributed by atoms with Gasteiger partial charge in [0, 0.05) is 29.7 Å². The zero-order valence-corrected chi connectivity index (χ0v) is 11.8. The summed E-state index contributed by atoms with van der Waals surface area (Å²) in [6, 6.07) is 3.59. The van der Waals surface area contributed by atoms with Crippen LogP contribution in [0.1, 0.15) is 42.5 Å². The van der Waals surface area contributed by atoms with E-state index in [-0.39, 0.29) is 11.4 Å². The predicted octanol–water partition coefficient (Wildman–Crippen LogP) is 2.33. The highest BCUT2D eigenvalue weighted by molar-refractivity contribution is 5.95. The minimum Gasteiger partial charge on any atom is -0.347 e. The number of imidazole rings is 1. The molecule has 2 aromatic heterocycles. The van der Waals surface area contributed by atoms with E-state index in [2.05, 4.69) is 15.3 Å². The van der Waals surface area contributed by atoms with Gasteiger partial charge >= 0.3 is 0 Å². The first-order valence-electron chi connectivity index (χ1n) is 7.51. The summed E-state index contributed by atoms with van der Waals surface area (Å²) < 4.78 is 1.80. The first kappa shape index (κ1) is 12.6. The van der Waals surface area contributed by atoms with E-state index < -0.39 is 0 Å². The lowest BCUT2D eigenvalue weighted by molar-refractivity contribution is 0.0901.